The Morgan fingerprint density at radius 1 is 1.47 bits per heavy atom. The Balaban J connectivity index is 3.11. The second-order valence-corrected chi connectivity index (χ2v) is 5.83. The molecule has 1 rings (SSSR count). The van der Waals surface area contributed by atoms with Gasteiger partial charge in [0.2, 0.25) is 0 Å². The number of aliphatic hydroxyl groups excluding tert-OH is 1. The third-order valence-electron chi connectivity index (χ3n) is 2.62. The highest BCUT2D eigenvalue weighted by molar-refractivity contribution is 7.89. The molecule has 0 unspecified atom stereocenters. The molecule has 0 aromatic carbocycles. The number of rotatable bonds is 8. The number of aromatic nitrogens is 1. The van der Waals surface area contributed by atoms with Crippen molar-refractivity contribution >= 4 is 15.7 Å². The summed E-state index contributed by atoms with van der Waals surface area (Å²) in [6, 6.07) is 3.13. The molecule has 0 radical (unpaired) electrons. The molecule has 7 nitrogen and oxygen atoms in total. The molecule has 0 aliphatic rings. The quantitative estimate of drug-likeness (QED) is 0.464. The van der Waals surface area contributed by atoms with Gasteiger partial charge in [-0.15, -0.1) is 0 Å². The van der Waals surface area contributed by atoms with Crippen molar-refractivity contribution in [1.29, 1.82) is 0 Å². The van der Waals surface area contributed by atoms with Crippen LogP contribution >= 0.6 is 0 Å². The topological polar surface area (TPSA) is 109 Å². The summed E-state index contributed by atoms with van der Waals surface area (Å²) in [5.74, 6) is 5.30. The maximum Gasteiger partial charge on any atom is 0.262 e. The molecule has 0 spiro atoms. The summed E-state index contributed by atoms with van der Waals surface area (Å²) in [6.45, 7) is 2.13. The molecule has 108 valence electrons. The van der Waals surface area contributed by atoms with Gasteiger partial charge in [0.05, 0.1) is 12.3 Å². The van der Waals surface area contributed by atoms with Crippen LogP contribution in [-0.4, -0.2) is 42.5 Å². The number of hydrogen-bond donors (Lipinski definition) is 3. The van der Waals surface area contributed by atoms with Crippen LogP contribution in [0.15, 0.2) is 23.4 Å². The van der Waals surface area contributed by atoms with Crippen LogP contribution in [0.2, 0.25) is 0 Å². The Bertz CT molecular complexity index is 492. The average molecular weight is 288 g/mol. The Kier molecular flexibility index (Phi) is 6.16. The molecule has 0 saturated heterocycles. The first-order valence-corrected chi connectivity index (χ1v) is 7.54. The number of nitrogens with one attached hydrogen (secondary N) is 1. The Morgan fingerprint density at radius 3 is 2.79 bits per heavy atom. The van der Waals surface area contributed by atoms with Crippen LogP contribution in [0.5, 0.6) is 0 Å². The largest absolute Gasteiger partial charge is 0.395 e. The van der Waals surface area contributed by atoms with Gasteiger partial charge in [0.15, 0.2) is 5.03 Å². The zero-order valence-electron chi connectivity index (χ0n) is 10.9. The lowest BCUT2D eigenvalue weighted by molar-refractivity contribution is 0.252. The van der Waals surface area contributed by atoms with Gasteiger partial charge in [0.25, 0.3) is 10.0 Å². The van der Waals surface area contributed by atoms with Gasteiger partial charge in [-0.1, -0.05) is 13.3 Å². The Hall–Kier alpha value is -1.22. The third-order valence-corrected chi connectivity index (χ3v) is 4.48. The fourth-order valence-corrected chi connectivity index (χ4v) is 3.16. The summed E-state index contributed by atoms with van der Waals surface area (Å²) in [7, 11) is -3.76. The van der Waals surface area contributed by atoms with Crippen molar-refractivity contribution in [2.24, 2.45) is 5.84 Å². The van der Waals surface area contributed by atoms with E-state index in [4.69, 9.17) is 10.9 Å². The van der Waals surface area contributed by atoms with E-state index in [9.17, 15) is 8.42 Å². The molecule has 1 heterocycles. The molecule has 0 aliphatic carbocycles. The van der Waals surface area contributed by atoms with Gasteiger partial charge in [-0.25, -0.2) is 13.4 Å². The predicted molar refractivity (Wildman–Crippen MR) is 72.8 cm³/mol. The molecular formula is C11H20N4O3S. The second kappa shape index (κ2) is 7.39. The van der Waals surface area contributed by atoms with Crippen LogP contribution in [-0.2, 0) is 10.0 Å². The fraction of sp³-hybridized carbons (Fsp3) is 0.545. The molecule has 0 aliphatic heterocycles. The lowest BCUT2D eigenvalue weighted by atomic mass is 10.3. The van der Waals surface area contributed by atoms with Crippen LogP contribution in [0.3, 0.4) is 0 Å². The van der Waals surface area contributed by atoms with E-state index < -0.39 is 10.0 Å². The van der Waals surface area contributed by atoms with E-state index in [1.54, 1.807) is 6.07 Å². The zero-order valence-corrected chi connectivity index (χ0v) is 11.7. The maximum absolute atomic E-state index is 12.5. The number of nitrogens with zero attached hydrogens (tertiary/aromatic N) is 2. The van der Waals surface area contributed by atoms with Crippen LogP contribution in [0.25, 0.3) is 0 Å². The molecule has 0 bridgehead atoms. The van der Waals surface area contributed by atoms with E-state index in [1.165, 1.54) is 16.6 Å². The van der Waals surface area contributed by atoms with Gasteiger partial charge in [-0.3, -0.25) is 5.84 Å². The molecule has 0 amide bonds. The average Bonchev–Trinajstić information content (AvgIpc) is 2.43. The SMILES string of the molecule is CCCCN(CCO)S(=O)(=O)c1ncccc1NN. The van der Waals surface area contributed by atoms with Gasteiger partial charge >= 0.3 is 0 Å². The summed E-state index contributed by atoms with van der Waals surface area (Å²) in [5, 5.41) is 8.88. The number of anilines is 1. The molecular weight excluding hydrogens is 268 g/mol. The molecule has 1 aromatic rings. The monoisotopic (exact) mass is 288 g/mol. The van der Waals surface area contributed by atoms with Crippen molar-refractivity contribution in [3.8, 4) is 0 Å². The second-order valence-electron chi connectivity index (χ2n) is 3.98. The highest BCUT2D eigenvalue weighted by Gasteiger charge is 2.27. The van der Waals surface area contributed by atoms with Crippen LogP contribution in [0.4, 0.5) is 5.69 Å². The van der Waals surface area contributed by atoms with E-state index in [2.05, 4.69) is 10.4 Å². The van der Waals surface area contributed by atoms with Crippen molar-refractivity contribution in [2.45, 2.75) is 24.8 Å². The van der Waals surface area contributed by atoms with E-state index in [0.717, 1.165) is 12.8 Å². The van der Waals surface area contributed by atoms with Crippen molar-refractivity contribution in [3.05, 3.63) is 18.3 Å². The van der Waals surface area contributed by atoms with Gasteiger partial charge < -0.3 is 10.5 Å². The van der Waals surface area contributed by atoms with Crippen molar-refractivity contribution in [2.75, 3.05) is 25.1 Å². The minimum absolute atomic E-state index is 0.0446. The molecule has 0 atom stereocenters. The van der Waals surface area contributed by atoms with Gasteiger partial charge in [-0.05, 0) is 18.6 Å². The number of unbranched alkanes of at least 4 members (excludes halogenated alkanes) is 1. The highest BCUT2D eigenvalue weighted by atomic mass is 32.2. The Labute approximate surface area is 113 Å². The number of pyridine rings is 1. The van der Waals surface area contributed by atoms with Crippen LogP contribution < -0.4 is 11.3 Å². The zero-order chi connectivity index (χ0) is 14.3. The first-order chi connectivity index (χ1) is 9.07. The fourth-order valence-electron chi connectivity index (χ4n) is 1.63. The van der Waals surface area contributed by atoms with Crippen molar-refractivity contribution in [1.82, 2.24) is 9.29 Å². The van der Waals surface area contributed by atoms with Gasteiger partial charge in [0, 0.05) is 19.3 Å². The number of aliphatic hydroxyl groups is 1. The standard InChI is InChI=1S/C11H20N4O3S/c1-2-3-7-15(8-9-16)19(17,18)11-10(14-12)5-4-6-13-11/h4-6,14,16H,2-3,7-9,12H2,1H3. The van der Waals surface area contributed by atoms with Crippen LogP contribution in [0.1, 0.15) is 19.8 Å². The number of nitrogen functional groups attached to an aromatic ring is 1. The molecule has 1 aromatic heterocycles. The van der Waals surface area contributed by atoms with Crippen LogP contribution in [0, 0.1) is 0 Å². The third kappa shape index (κ3) is 3.87. The van der Waals surface area contributed by atoms with Gasteiger partial charge in [0.1, 0.15) is 0 Å². The lowest BCUT2D eigenvalue weighted by Gasteiger charge is -2.21. The number of nitrogens with two attached hydrogens (primary N) is 1. The molecule has 0 fully saturated rings. The number of hydrazine groups is 1. The molecule has 4 N–H and O–H groups in total. The molecule has 19 heavy (non-hydrogen) atoms. The smallest absolute Gasteiger partial charge is 0.262 e. The maximum atomic E-state index is 12.5. The number of hydrogen-bond acceptors (Lipinski definition) is 6. The van der Waals surface area contributed by atoms with E-state index in [0.29, 0.717) is 6.54 Å². The minimum atomic E-state index is -3.76. The normalized spacial score (nSPS) is 11.8. The molecule has 0 saturated carbocycles. The van der Waals surface area contributed by atoms with Crippen molar-refractivity contribution < 1.29 is 13.5 Å². The summed E-state index contributed by atoms with van der Waals surface area (Å²) in [4.78, 5) is 3.88. The lowest BCUT2D eigenvalue weighted by Crippen LogP contribution is -2.35. The summed E-state index contributed by atoms with van der Waals surface area (Å²) >= 11 is 0. The summed E-state index contributed by atoms with van der Waals surface area (Å²) < 4.78 is 26.2. The van der Waals surface area contributed by atoms with E-state index in [1.807, 2.05) is 6.92 Å². The van der Waals surface area contributed by atoms with E-state index in [-0.39, 0.29) is 23.9 Å². The summed E-state index contributed by atoms with van der Waals surface area (Å²) in [5.41, 5.74) is 2.56. The van der Waals surface area contributed by atoms with Gasteiger partial charge in [-0.2, -0.15) is 4.31 Å². The Morgan fingerprint density at radius 2 is 2.21 bits per heavy atom. The number of sulfonamides is 1. The van der Waals surface area contributed by atoms with Crippen molar-refractivity contribution in [3.63, 3.8) is 0 Å². The van der Waals surface area contributed by atoms with E-state index >= 15 is 0 Å². The molecule has 8 heteroatoms. The first kappa shape index (κ1) is 15.8. The summed E-state index contributed by atoms with van der Waals surface area (Å²) in [6.07, 6.45) is 2.98. The first-order valence-electron chi connectivity index (χ1n) is 6.10. The highest BCUT2D eigenvalue weighted by Crippen LogP contribution is 2.21. The predicted octanol–water partition coefficient (Wildman–Crippen LogP) is 0.150. The minimum Gasteiger partial charge on any atom is -0.395 e.